The van der Waals surface area contributed by atoms with Crippen molar-refractivity contribution in [1.29, 1.82) is 0 Å². The van der Waals surface area contributed by atoms with Crippen molar-refractivity contribution < 1.29 is 22.8 Å². The molecule has 0 radical (unpaired) electrons. The van der Waals surface area contributed by atoms with Crippen LogP contribution in [0.4, 0.5) is 18.9 Å². The lowest BCUT2D eigenvalue weighted by molar-refractivity contribution is -0.137. The number of hydrogen-bond acceptors (Lipinski definition) is 2. The molecule has 1 N–H and O–H groups in total. The Morgan fingerprint density at radius 3 is 2.35 bits per heavy atom. The molecule has 0 unspecified atom stereocenters. The standard InChI is InChI=1S/C16H21F3N2O2/c1-11(2)10-21(12(3)22)9-8-15(23)20-14-7-5-4-6-13(14)16(17,18)19/h4-7,11H,8-10H2,1-3H3,(H,20,23). The van der Waals surface area contributed by atoms with Crippen LogP contribution in [0.2, 0.25) is 0 Å². The molecule has 23 heavy (non-hydrogen) atoms. The van der Waals surface area contributed by atoms with Gasteiger partial charge in [-0.1, -0.05) is 26.0 Å². The molecule has 2 amide bonds. The quantitative estimate of drug-likeness (QED) is 0.867. The summed E-state index contributed by atoms with van der Waals surface area (Å²) in [6.07, 6.45) is -4.59. The predicted octanol–water partition coefficient (Wildman–Crippen LogP) is 3.54. The summed E-state index contributed by atoms with van der Waals surface area (Å²) in [6.45, 7) is 5.96. The average molecular weight is 330 g/mol. The summed E-state index contributed by atoms with van der Waals surface area (Å²) in [4.78, 5) is 24.9. The number of para-hydroxylation sites is 1. The average Bonchev–Trinajstić information content (AvgIpc) is 2.42. The van der Waals surface area contributed by atoms with Gasteiger partial charge in [-0.05, 0) is 18.1 Å². The summed E-state index contributed by atoms with van der Waals surface area (Å²) >= 11 is 0. The first-order chi connectivity index (χ1) is 10.6. The van der Waals surface area contributed by atoms with Gasteiger partial charge < -0.3 is 10.2 Å². The minimum absolute atomic E-state index is 0.0571. The topological polar surface area (TPSA) is 49.4 Å². The van der Waals surface area contributed by atoms with Gasteiger partial charge in [-0.25, -0.2) is 0 Å². The highest BCUT2D eigenvalue weighted by Crippen LogP contribution is 2.34. The molecule has 0 atom stereocenters. The lowest BCUT2D eigenvalue weighted by atomic mass is 10.1. The highest BCUT2D eigenvalue weighted by molar-refractivity contribution is 5.92. The number of alkyl halides is 3. The molecule has 7 heteroatoms. The number of halogens is 3. The summed E-state index contributed by atoms with van der Waals surface area (Å²) in [7, 11) is 0. The van der Waals surface area contributed by atoms with E-state index in [4.69, 9.17) is 0 Å². The van der Waals surface area contributed by atoms with Gasteiger partial charge in [-0.15, -0.1) is 0 Å². The molecular weight excluding hydrogens is 309 g/mol. The third-order valence-electron chi connectivity index (χ3n) is 3.15. The van der Waals surface area contributed by atoms with Gasteiger partial charge in [0, 0.05) is 26.4 Å². The number of nitrogens with one attached hydrogen (secondary N) is 1. The van der Waals surface area contributed by atoms with Crippen LogP contribution in [-0.4, -0.2) is 29.8 Å². The van der Waals surface area contributed by atoms with Crippen molar-refractivity contribution in [2.24, 2.45) is 5.92 Å². The Labute approximate surface area is 133 Å². The van der Waals surface area contributed by atoms with E-state index >= 15 is 0 Å². The number of rotatable bonds is 6. The fraction of sp³-hybridized carbons (Fsp3) is 0.500. The number of benzene rings is 1. The molecule has 0 saturated heterocycles. The Morgan fingerprint density at radius 2 is 1.83 bits per heavy atom. The molecule has 0 saturated carbocycles. The maximum atomic E-state index is 12.9. The molecule has 1 aromatic rings. The molecule has 0 aliphatic heterocycles. The fourth-order valence-electron chi connectivity index (χ4n) is 2.11. The molecule has 0 aliphatic carbocycles. The molecule has 1 rings (SSSR count). The van der Waals surface area contributed by atoms with E-state index in [0.29, 0.717) is 6.54 Å². The molecule has 0 spiro atoms. The van der Waals surface area contributed by atoms with Gasteiger partial charge in [0.2, 0.25) is 11.8 Å². The third kappa shape index (κ3) is 6.30. The lowest BCUT2D eigenvalue weighted by Gasteiger charge is -2.23. The van der Waals surface area contributed by atoms with Gasteiger partial charge in [0.1, 0.15) is 0 Å². The first-order valence-electron chi connectivity index (χ1n) is 7.33. The minimum atomic E-state index is -4.53. The van der Waals surface area contributed by atoms with E-state index in [1.54, 1.807) is 0 Å². The van der Waals surface area contributed by atoms with E-state index in [-0.39, 0.29) is 30.5 Å². The zero-order valence-corrected chi connectivity index (χ0v) is 13.4. The fourth-order valence-corrected chi connectivity index (χ4v) is 2.11. The molecule has 128 valence electrons. The Morgan fingerprint density at radius 1 is 1.22 bits per heavy atom. The van der Waals surface area contributed by atoms with E-state index in [0.717, 1.165) is 6.07 Å². The van der Waals surface area contributed by atoms with Gasteiger partial charge in [-0.3, -0.25) is 9.59 Å². The number of carbonyl (C=O) groups is 2. The maximum absolute atomic E-state index is 12.9. The van der Waals surface area contributed by atoms with Gasteiger partial charge in [-0.2, -0.15) is 13.2 Å². The first-order valence-corrected chi connectivity index (χ1v) is 7.33. The molecule has 0 heterocycles. The van der Waals surface area contributed by atoms with Crippen LogP contribution in [0.5, 0.6) is 0 Å². The van der Waals surface area contributed by atoms with E-state index < -0.39 is 17.6 Å². The number of amides is 2. The second-order valence-electron chi connectivity index (χ2n) is 5.70. The molecular formula is C16H21F3N2O2. The summed E-state index contributed by atoms with van der Waals surface area (Å²) in [5.74, 6) is -0.480. The molecule has 0 aliphatic rings. The molecule has 0 aromatic heterocycles. The number of nitrogens with zero attached hydrogens (tertiary/aromatic N) is 1. The van der Waals surface area contributed by atoms with Crippen LogP contribution in [0.1, 0.15) is 32.8 Å². The largest absolute Gasteiger partial charge is 0.418 e. The summed E-state index contributed by atoms with van der Waals surface area (Å²) in [5, 5.41) is 2.27. The van der Waals surface area contributed by atoms with Crippen molar-refractivity contribution in [3.63, 3.8) is 0 Å². The van der Waals surface area contributed by atoms with Gasteiger partial charge in [0.15, 0.2) is 0 Å². The van der Waals surface area contributed by atoms with Crippen molar-refractivity contribution in [1.82, 2.24) is 4.90 Å². The van der Waals surface area contributed by atoms with Crippen LogP contribution in [0.15, 0.2) is 24.3 Å². The van der Waals surface area contributed by atoms with Crippen LogP contribution in [0.3, 0.4) is 0 Å². The van der Waals surface area contributed by atoms with Gasteiger partial charge in [0.25, 0.3) is 0 Å². The number of anilines is 1. The van der Waals surface area contributed by atoms with Crippen LogP contribution >= 0.6 is 0 Å². The summed E-state index contributed by atoms with van der Waals surface area (Å²) < 4.78 is 38.6. The summed E-state index contributed by atoms with van der Waals surface area (Å²) in [5.41, 5.74) is -1.16. The van der Waals surface area contributed by atoms with E-state index in [1.807, 2.05) is 13.8 Å². The second kappa shape index (κ2) is 7.99. The van der Waals surface area contributed by atoms with Crippen molar-refractivity contribution >= 4 is 17.5 Å². The van der Waals surface area contributed by atoms with Crippen molar-refractivity contribution in [2.75, 3.05) is 18.4 Å². The normalized spacial score (nSPS) is 11.4. The zero-order valence-electron chi connectivity index (χ0n) is 13.4. The Bertz CT molecular complexity index is 557. The zero-order chi connectivity index (χ0) is 17.6. The van der Waals surface area contributed by atoms with E-state index in [2.05, 4.69) is 5.32 Å². The monoisotopic (exact) mass is 330 g/mol. The first kappa shape index (κ1) is 19.0. The number of hydrogen-bond donors (Lipinski definition) is 1. The molecule has 1 aromatic carbocycles. The lowest BCUT2D eigenvalue weighted by Crippen LogP contribution is -2.35. The van der Waals surface area contributed by atoms with E-state index in [1.165, 1.54) is 30.0 Å². The second-order valence-corrected chi connectivity index (χ2v) is 5.70. The van der Waals surface area contributed by atoms with Crippen LogP contribution in [0, 0.1) is 5.92 Å². The highest BCUT2D eigenvalue weighted by Gasteiger charge is 2.33. The molecule has 0 fully saturated rings. The Kier molecular flexibility index (Phi) is 6.60. The minimum Gasteiger partial charge on any atom is -0.342 e. The molecule has 0 bridgehead atoms. The van der Waals surface area contributed by atoms with Crippen molar-refractivity contribution in [2.45, 2.75) is 33.4 Å². The number of carbonyl (C=O) groups excluding carboxylic acids is 2. The maximum Gasteiger partial charge on any atom is 0.418 e. The van der Waals surface area contributed by atoms with Crippen molar-refractivity contribution in [3.8, 4) is 0 Å². The molecule has 4 nitrogen and oxygen atoms in total. The SMILES string of the molecule is CC(=O)N(CCC(=O)Nc1ccccc1C(F)(F)F)CC(C)C. The Balaban J connectivity index is 2.69. The van der Waals surface area contributed by atoms with Crippen LogP contribution in [-0.2, 0) is 15.8 Å². The van der Waals surface area contributed by atoms with Crippen molar-refractivity contribution in [3.05, 3.63) is 29.8 Å². The Hall–Kier alpha value is -2.05. The van der Waals surface area contributed by atoms with Gasteiger partial charge >= 0.3 is 6.18 Å². The van der Waals surface area contributed by atoms with Gasteiger partial charge in [0.05, 0.1) is 11.3 Å². The van der Waals surface area contributed by atoms with E-state index in [9.17, 15) is 22.8 Å². The van der Waals surface area contributed by atoms with Crippen LogP contribution < -0.4 is 5.32 Å². The summed E-state index contributed by atoms with van der Waals surface area (Å²) in [6, 6.07) is 4.80. The smallest absolute Gasteiger partial charge is 0.342 e. The van der Waals surface area contributed by atoms with Crippen LogP contribution in [0.25, 0.3) is 0 Å². The predicted molar refractivity (Wildman–Crippen MR) is 81.8 cm³/mol. The highest BCUT2D eigenvalue weighted by atomic mass is 19.4. The third-order valence-corrected chi connectivity index (χ3v) is 3.15.